The Morgan fingerprint density at radius 3 is 3.14 bits per heavy atom. The van der Waals surface area contributed by atoms with Crippen LogP contribution in [0, 0.1) is 0 Å². The van der Waals surface area contributed by atoms with Crippen LogP contribution in [0.3, 0.4) is 0 Å². The van der Waals surface area contributed by atoms with E-state index in [1.165, 1.54) is 25.0 Å². The summed E-state index contributed by atoms with van der Waals surface area (Å²) in [6, 6.07) is 2.82. The Morgan fingerprint density at radius 1 is 1.57 bits per heavy atom. The summed E-state index contributed by atoms with van der Waals surface area (Å²) in [5.41, 5.74) is 1.41. The Labute approximate surface area is 85.5 Å². The van der Waals surface area contributed by atoms with Gasteiger partial charge >= 0.3 is 0 Å². The third-order valence-electron chi connectivity index (χ3n) is 3.32. The van der Waals surface area contributed by atoms with Crippen LogP contribution >= 0.6 is 0 Å². The molecule has 78 valence electrons. The van der Waals surface area contributed by atoms with Gasteiger partial charge in [0.2, 0.25) is 0 Å². The molecule has 1 aromatic heterocycles. The number of hydrogen-bond acceptors (Lipinski definition) is 2. The van der Waals surface area contributed by atoms with Crippen LogP contribution in [0.25, 0.3) is 0 Å². The summed E-state index contributed by atoms with van der Waals surface area (Å²) in [4.78, 5) is 0. The topological polar surface area (TPSA) is 29.9 Å². The Bertz CT molecular complexity index is 292. The number of aryl methyl sites for hydroxylation is 1. The Kier molecular flexibility index (Phi) is 2.87. The molecule has 2 rings (SSSR count). The Balaban J connectivity index is 2.21. The van der Waals surface area contributed by atoms with Crippen LogP contribution in [0.5, 0.6) is 0 Å². The largest absolute Gasteiger partial charge is 0.316 e. The van der Waals surface area contributed by atoms with E-state index in [-0.39, 0.29) is 0 Å². The highest BCUT2D eigenvalue weighted by atomic mass is 15.3. The second kappa shape index (κ2) is 4.13. The maximum atomic E-state index is 4.34. The first-order chi connectivity index (χ1) is 6.86. The monoisotopic (exact) mass is 193 g/mol. The van der Waals surface area contributed by atoms with E-state index in [2.05, 4.69) is 35.1 Å². The van der Waals surface area contributed by atoms with Gasteiger partial charge in [-0.15, -0.1) is 0 Å². The van der Waals surface area contributed by atoms with E-state index in [4.69, 9.17) is 0 Å². The van der Waals surface area contributed by atoms with Crippen LogP contribution in [0.15, 0.2) is 12.3 Å². The van der Waals surface area contributed by atoms with Crippen molar-refractivity contribution in [2.45, 2.75) is 44.7 Å². The number of nitrogens with one attached hydrogen (secondary N) is 1. The highest BCUT2D eigenvalue weighted by Gasteiger charge is 2.29. The van der Waals surface area contributed by atoms with Gasteiger partial charge < -0.3 is 5.32 Å². The predicted molar refractivity (Wildman–Crippen MR) is 57.3 cm³/mol. The van der Waals surface area contributed by atoms with E-state index in [1.807, 2.05) is 6.20 Å². The van der Waals surface area contributed by atoms with E-state index in [9.17, 15) is 0 Å². The van der Waals surface area contributed by atoms with E-state index in [0.29, 0.717) is 12.0 Å². The average Bonchev–Trinajstić information content (AvgIpc) is 2.85. The van der Waals surface area contributed by atoms with Crippen LogP contribution in [-0.2, 0) is 6.54 Å². The van der Waals surface area contributed by atoms with Gasteiger partial charge in [-0.25, -0.2) is 0 Å². The van der Waals surface area contributed by atoms with Crippen LogP contribution in [0.4, 0.5) is 0 Å². The average molecular weight is 193 g/mol. The minimum absolute atomic E-state index is 0.650. The fourth-order valence-corrected chi connectivity index (χ4v) is 2.58. The number of nitrogens with zero attached hydrogens (tertiary/aromatic N) is 2. The summed E-state index contributed by atoms with van der Waals surface area (Å²) in [5, 5.41) is 7.75. The van der Waals surface area contributed by atoms with Gasteiger partial charge in [0.05, 0.1) is 0 Å². The molecular formula is C11H19N3. The van der Waals surface area contributed by atoms with Crippen LogP contribution in [0.1, 0.15) is 37.8 Å². The zero-order valence-electron chi connectivity index (χ0n) is 9.03. The molecule has 1 N–H and O–H groups in total. The van der Waals surface area contributed by atoms with Crippen molar-refractivity contribution in [3.63, 3.8) is 0 Å². The van der Waals surface area contributed by atoms with Gasteiger partial charge in [-0.1, -0.05) is 6.42 Å². The van der Waals surface area contributed by atoms with Gasteiger partial charge in [0, 0.05) is 30.4 Å². The highest BCUT2D eigenvalue weighted by molar-refractivity contribution is 5.13. The van der Waals surface area contributed by atoms with Crippen molar-refractivity contribution in [1.29, 1.82) is 0 Å². The molecule has 1 fully saturated rings. The van der Waals surface area contributed by atoms with E-state index >= 15 is 0 Å². The zero-order valence-corrected chi connectivity index (χ0v) is 9.03. The second-order valence-corrected chi connectivity index (χ2v) is 4.00. The standard InChI is InChI=1S/C11H19N3/c1-3-14-11(7-8-13-14)9-5-4-6-10(9)12-2/h7-10,12H,3-6H2,1-2H3. The van der Waals surface area contributed by atoms with Gasteiger partial charge in [-0.05, 0) is 32.9 Å². The van der Waals surface area contributed by atoms with Crippen molar-refractivity contribution in [1.82, 2.24) is 15.1 Å². The van der Waals surface area contributed by atoms with Crippen molar-refractivity contribution in [3.8, 4) is 0 Å². The lowest BCUT2D eigenvalue weighted by atomic mass is 9.99. The van der Waals surface area contributed by atoms with Crippen LogP contribution < -0.4 is 5.32 Å². The molecule has 2 atom stereocenters. The van der Waals surface area contributed by atoms with Crippen molar-refractivity contribution >= 4 is 0 Å². The lowest BCUT2D eigenvalue weighted by Gasteiger charge is -2.19. The van der Waals surface area contributed by atoms with Gasteiger partial charge in [-0.2, -0.15) is 5.10 Å². The molecule has 0 aliphatic heterocycles. The van der Waals surface area contributed by atoms with Gasteiger partial charge in [0.1, 0.15) is 0 Å². The van der Waals surface area contributed by atoms with Crippen LogP contribution in [-0.4, -0.2) is 22.9 Å². The number of aromatic nitrogens is 2. The lowest BCUT2D eigenvalue weighted by Crippen LogP contribution is -2.28. The maximum absolute atomic E-state index is 4.34. The summed E-state index contributed by atoms with van der Waals surface area (Å²) in [5.74, 6) is 0.669. The fourth-order valence-electron chi connectivity index (χ4n) is 2.58. The Morgan fingerprint density at radius 2 is 2.43 bits per heavy atom. The molecule has 0 spiro atoms. The summed E-state index contributed by atoms with van der Waals surface area (Å²) >= 11 is 0. The van der Waals surface area contributed by atoms with Crippen molar-refractivity contribution in [3.05, 3.63) is 18.0 Å². The quantitative estimate of drug-likeness (QED) is 0.792. The predicted octanol–water partition coefficient (Wildman–Crippen LogP) is 1.76. The first-order valence-electron chi connectivity index (χ1n) is 5.55. The van der Waals surface area contributed by atoms with Gasteiger partial charge in [0.25, 0.3) is 0 Å². The zero-order chi connectivity index (χ0) is 9.97. The normalized spacial score (nSPS) is 27.0. The molecule has 0 saturated heterocycles. The molecule has 1 aliphatic rings. The molecule has 0 bridgehead atoms. The third kappa shape index (κ3) is 1.57. The van der Waals surface area contributed by atoms with Crippen molar-refractivity contribution in [2.75, 3.05) is 7.05 Å². The molecule has 1 aliphatic carbocycles. The van der Waals surface area contributed by atoms with Gasteiger partial charge in [-0.3, -0.25) is 4.68 Å². The molecule has 3 heteroatoms. The fraction of sp³-hybridized carbons (Fsp3) is 0.727. The molecule has 0 radical (unpaired) electrons. The molecular weight excluding hydrogens is 174 g/mol. The second-order valence-electron chi connectivity index (χ2n) is 4.00. The molecule has 2 unspecified atom stereocenters. The first kappa shape index (κ1) is 9.71. The smallest absolute Gasteiger partial charge is 0.0492 e. The van der Waals surface area contributed by atoms with Crippen molar-refractivity contribution in [2.24, 2.45) is 0 Å². The highest BCUT2D eigenvalue weighted by Crippen LogP contribution is 2.34. The maximum Gasteiger partial charge on any atom is 0.0492 e. The summed E-state index contributed by atoms with van der Waals surface area (Å²) < 4.78 is 2.13. The third-order valence-corrected chi connectivity index (χ3v) is 3.32. The molecule has 1 aromatic rings. The number of rotatable bonds is 3. The van der Waals surface area contributed by atoms with E-state index in [1.54, 1.807) is 0 Å². The van der Waals surface area contributed by atoms with Gasteiger partial charge in [0.15, 0.2) is 0 Å². The molecule has 1 heterocycles. The minimum Gasteiger partial charge on any atom is -0.316 e. The summed E-state index contributed by atoms with van der Waals surface area (Å²) in [6.45, 7) is 3.13. The van der Waals surface area contributed by atoms with E-state index in [0.717, 1.165) is 6.54 Å². The molecule has 0 amide bonds. The first-order valence-corrected chi connectivity index (χ1v) is 5.55. The number of likely N-dealkylation sites (N-methyl/N-ethyl adjacent to an activating group) is 1. The van der Waals surface area contributed by atoms with E-state index < -0.39 is 0 Å². The lowest BCUT2D eigenvalue weighted by molar-refractivity contribution is 0.482. The molecule has 3 nitrogen and oxygen atoms in total. The van der Waals surface area contributed by atoms with Crippen LogP contribution in [0.2, 0.25) is 0 Å². The number of hydrogen-bond donors (Lipinski definition) is 1. The minimum atomic E-state index is 0.650. The molecule has 0 aromatic carbocycles. The summed E-state index contributed by atoms with van der Waals surface area (Å²) in [7, 11) is 2.07. The van der Waals surface area contributed by atoms with Crippen molar-refractivity contribution < 1.29 is 0 Å². The SMILES string of the molecule is CCn1nccc1C1CCCC1NC. The molecule has 14 heavy (non-hydrogen) atoms. The molecule has 1 saturated carbocycles. The Hall–Kier alpha value is -0.830. The summed E-state index contributed by atoms with van der Waals surface area (Å²) in [6.07, 6.45) is 5.86.